The van der Waals surface area contributed by atoms with Crippen LogP contribution in [0.3, 0.4) is 0 Å². The Morgan fingerprint density at radius 3 is 2.43 bits per heavy atom. The molecule has 1 heterocycles. The maximum atomic E-state index is 13.9. The Morgan fingerprint density at radius 1 is 0.943 bits per heavy atom. The zero-order valence-electron chi connectivity index (χ0n) is 20.4. The minimum atomic E-state index is -0.227. The molecule has 0 radical (unpaired) electrons. The van der Waals surface area contributed by atoms with Crippen LogP contribution in [0.2, 0.25) is 0 Å². The number of hydrogen-bond acceptors (Lipinski definition) is 4. The molecule has 4 rings (SSSR count). The van der Waals surface area contributed by atoms with E-state index in [4.69, 9.17) is 9.47 Å². The van der Waals surface area contributed by atoms with Crippen LogP contribution in [0.25, 0.3) is 0 Å². The van der Waals surface area contributed by atoms with Gasteiger partial charge in [0.1, 0.15) is 18.1 Å². The summed E-state index contributed by atoms with van der Waals surface area (Å²) in [6.07, 6.45) is 2.20. The molecule has 3 aromatic rings. The van der Waals surface area contributed by atoms with Crippen LogP contribution in [0, 0.1) is 0 Å². The fourth-order valence-corrected chi connectivity index (χ4v) is 4.46. The molecule has 0 aromatic heterocycles. The van der Waals surface area contributed by atoms with Crippen LogP contribution < -0.4 is 9.47 Å². The Labute approximate surface area is 207 Å². The van der Waals surface area contributed by atoms with E-state index >= 15 is 0 Å². The van der Waals surface area contributed by atoms with Gasteiger partial charge in [-0.15, -0.1) is 0 Å². The summed E-state index contributed by atoms with van der Waals surface area (Å²) < 4.78 is 11.8. The molecule has 35 heavy (non-hydrogen) atoms. The quantitative estimate of drug-likeness (QED) is 0.553. The van der Waals surface area contributed by atoms with Crippen molar-refractivity contribution >= 4 is 11.8 Å². The number of para-hydroxylation sites is 2. The number of benzene rings is 3. The van der Waals surface area contributed by atoms with Gasteiger partial charge in [0, 0.05) is 20.1 Å². The van der Waals surface area contributed by atoms with Crippen LogP contribution in [0.5, 0.6) is 11.5 Å². The Morgan fingerprint density at radius 2 is 1.63 bits per heavy atom. The number of fused-ring (bicyclic) bond motifs is 1. The van der Waals surface area contributed by atoms with Gasteiger partial charge in [-0.2, -0.15) is 0 Å². The average molecular weight is 473 g/mol. The largest absolute Gasteiger partial charge is 0.496 e. The highest BCUT2D eigenvalue weighted by atomic mass is 16.5. The molecule has 0 fully saturated rings. The molecule has 6 heteroatoms. The van der Waals surface area contributed by atoms with Gasteiger partial charge in [0.15, 0.2) is 0 Å². The maximum absolute atomic E-state index is 13.9. The molecule has 2 amide bonds. The minimum Gasteiger partial charge on any atom is -0.496 e. The first-order valence-corrected chi connectivity index (χ1v) is 12.0. The first-order valence-electron chi connectivity index (χ1n) is 12.0. The van der Waals surface area contributed by atoms with Gasteiger partial charge in [-0.25, -0.2) is 0 Å². The summed E-state index contributed by atoms with van der Waals surface area (Å²) in [5.74, 6) is 0.954. The van der Waals surface area contributed by atoms with E-state index in [9.17, 15) is 9.59 Å². The van der Waals surface area contributed by atoms with Crippen molar-refractivity contribution < 1.29 is 19.1 Å². The van der Waals surface area contributed by atoms with Crippen molar-refractivity contribution in [1.29, 1.82) is 0 Å². The lowest BCUT2D eigenvalue weighted by atomic mass is 10.0. The monoisotopic (exact) mass is 472 g/mol. The Hall–Kier alpha value is -3.80. The van der Waals surface area contributed by atoms with Gasteiger partial charge < -0.3 is 19.3 Å². The van der Waals surface area contributed by atoms with Crippen molar-refractivity contribution in [3.05, 3.63) is 95.6 Å². The predicted octanol–water partition coefficient (Wildman–Crippen LogP) is 4.69. The summed E-state index contributed by atoms with van der Waals surface area (Å²) in [7, 11) is 3.39. The highest BCUT2D eigenvalue weighted by Gasteiger charge is 2.29. The first-order chi connectivity index (χ1) is 17.1. The van der Waals surface area contributed by atoms with Crippen LogP contribution in [-0.2, 0) is 6.42 Å². The normalized spacial score (nSPS) is 17.0. The van der Waals surface area contributed by atoms with Gasteiger partial charge in [0.2, 0.25) is 0 Å². The molecule has 0 unspecified atom stereocenters. The fraction of sp³-hybridized carbons (Fsp3) is 0.310. The van der Waals surface area contributed by atoms with E-state index < -0.39 is 0 Å². The van der Waals surface area contributed by atoms with Gasteiger partial charge in [-0.05, 0) is 49.1 Å². The van der Waals surface area contributed by atoms with E-state index in [0.717, 1.165) is 18.4 Å². The van der Waals surface area contributed by atoms with Crippen molar-refractivity contribution in [2.45, 2.75) is 25.3 Å². The molecular formula is C29H32N2O4. The highest BCUT2D eigenvalue weighted by molar-refractivity contribution is 5.97. The van der Waals surface area contributed by atoms with E-state index in [0.29, 0.717) is 42.1 Å². The number of hydrogen-bond donors (Lipinski definition) is 0. The Bertz CT molecular complexity index is 1150. The second-order valence-electron chi connectivity index (χ2n) is 8.78. The van der Waals surface area contributed by atoms with Crippen LogP contribution in [0.15, 0.2) is 78.9 Å². The molecule has 0 saturated carbocycles. The molecule has 0 spiro atoms. The molecule has 0 saturated heterocycles. The van der Waals surface area contributed by atoms with Gasteiger partial charge in [-0.1, -0.05) is 54.6 Å². The second-order valence-corrected chi connectivity index (χ2v) is 8.78. The number of methoxy groups -OCH3 is 1. The molecular weight excluding hydrogens is 440 g/mol. The summed E-state index contributed by atoms with van der Waals surface area (Å²) >= 11 is 0. The topological polar surface area (TPSA) is 59.1 Å². The van der Waals surface area contributed by atoms with E-state index in [-0.39, 0.29) is 24.5 Å². The van der Waals surface area contributed by atoms with Crippen LogP contribution in [-0.4, -0.2) is 61.5 Å². The average Bonchev–Trinajstić information content (AvgIpc) is 2.90. The van der Waals surface area contributed by atoms with Gasteiger partial charge >= 0.3 is 0 Å². The van der Waals surface area contributed by atoms with Crippen molar-refractivity contribution in [3.63, 3.8) is 0 Å². The van der Waals surface area contributed by atoms with Crippen molar-refractivity contribution in [1.82, 2.24) is 9.80 Å². The van der Waals surface area contributed by atoms with E-state index in [1.807, 2.05) is 59.5 Å². The van der Waals surface area contributed by atoms with Crippen molar-refractivity contribution in [2.24, 2.45) is 0 Å². The van der Waals surface area contributed by atoms with E-state index in [2.05, 4.69) is 12.1 Å². The summed E-state index contributed by atoms with van der Waals surface area (Å²) in [4.78, 5) is 30.5. The minimum absolute atomic E-state index is 0.0530. The Kier molecular flexibility index (Phi) is 8.03. The molecule has 1 aliphatic rings. The number of ether oxygens (including phenoxy) is 2. The predicted molar refractivity (Wildman–Crippen MR) is 136 cm³/mol. The van der Waals surface area contributed by atoms with Gasteiger partial charge in [0.25, 0.3) is 11.8 Å². The first kappa shape index (κ1) is 24.3. The second kappa shape index (κ2) is 11.6. The summed E-state index contributed by atoms with van der Waals surface area (Å²) in [6.45, 7) is 1.43. The summed E-state index contributed by atoms with van der Waals surface area (Å²) in [5, 5.41) is 0. The molecule has 0 bridgehead atoms. The molecule has 6 nitrogen and oxygen atoms in total. The zero-order chi connectivity index (χ0) is 24.6. The number of carbonyl (C=O) groups is 2. The van der Waals surface area contributed by atoms with Crippen molar-refractivity contribution in [3.8, 4) is 11.5 Å². The molecule has 1 atom stereocenters. The number of amides is 2. The van der Waals surface area contributed by atoms with Gasteiger partial charge in [0.05, 0.1) is 24.3 Å². The van der Waals surface area contributed by atoms with E-state index in [1.54, 1.807) is 31.2 Å². The molecule has 3 aromatic carbocycles. The third-order valence-electron chi connectivity index (χ3n) is 6.39. The lowest BCUT2D eigenvalue weighted by molar-refractivity contribution is 0.0587. The fourth-order valence-electron chi connectivity index (χ4n) is 4.46. The van der Waals surface area contributed by atoms with Crippen molar-refractivity contribution in [2.75, 3.05) is 33.9 Å². The lowest BCUT2D eigenvalue weighted by Crippen LogP contribution is -2.46. The number of carbonyl (C=O) groups excluding carboxylic acids is 2. The zero-order valence-corrected chi connectivity index (χ0v) is 20.4. The highest BCUT2D eigenvalue weighted by Crippen LogP contribution is 2.25. The standard InChI is InChI=1S/C29H32N2O4/c1-30-18-10-11-19-31(29(33)24-14-6-8-16-26(24)34-2)23(20-22-12-4-3-5-13-22)21-35-27-17-9-7-15-25(27)28(30)32/h3-9,12-17,23H,10-11,18-21H2,1-2H3/t23-/m1/s1. The summed E-state index contributed by atoms with van der Waals surface area (Å²) in [6, 6.07) is 24.5. The third-order valence-corrected chi connectivity index (χ3v) is 6.39. The SMILES string of the molecule is COc1ccccc1C(=O)N1CCCCN(C)C(=O)c2ccccc2OC[C@H]1Cc1ccccc1. The molecule has 0 N–H and O–H groups in total. The van der Waals surface area contributed by atoms with Crippen LogP contribution >= 0.6 is 0 Å². The summed E-state index contributed by atoms with van der Waals surface area (Å²) in [5.41, 5.74) is 2.19. The Balaban J connectivity index is 1.71. The maximum Gasteiger partial charge on any atom is 0.257 e. The smallest absolute Gasteiger partial charge is 0.257 e. The van der Waals surface area contributed by atoms with E-state index in [1.165, 1.54) is 0 Å². The van der Waals surface area contributed by atoms with Gasteiger partial charge in [-0.3, -0.25) is 9.59 Å². The number of rotatable bonds is 4. The van der Waals surface area contributed by atoms with Crippen LogP contribution in [0.1, 0.15) is 39.1 Å². The molecule has 1 aliphatic heterocycles. The van der Waals surface area contributed by atoms with Crippen LogP contribution in [0.4, 0.5) is 0 Å². The lowest BCUT2D eigenvalue weighted by Gasteiger charge is -2.33. The molecule has 0 aliphatic carbocycles. The number of nitrogens with zero attached hydrogens (tertiary/aromatic N) is 2. The third kappa shape index (κ3) is 5.83. The molecule has 182 valence electrons.